The monoisotopic (exact) mass is 678 g/mol. The zero-order chi connectivity index (χ0) is 38.0. The second-order valence-electron chi connectivity index (χ2n) is 15.0. The van der Waals surface area contributed by atoms with E-state index in [0.717, 1.165) is 39.2 Å². The first-order valence-corrected chi connectivity index (χ1v) is 17.8. The van der Waals surface area contributed by atoms with E-state index >= 15 is 0 Å². The van der Waals surface area contributed by atoms with Gasteiger partial charge < -0.3 is 13.9 Å². The highest BCUT2D eigenvalue weighted by atomic mass is 16.5. The van der Waals surface area contributed by atoms with Crippen LogP contribution < -0.4 is 25.7 Å². The Balaban J connectivity index is 1.19. The first-order chi connectivity index (χ1) is 26.4. The van der Waals surface area contributed by atoms with E-state index in [2.05, 4.69) is 111 Å². The summed E-state index contributed by atoms with van der Waals surface area (Å²) in [6.45, 7) is 8.94. The lowest BCUT2D eigenvalue weighted by Gasteiger charge is -2.32. The molecule has 52 heavy (non-hydrogen) atoms. The summed E-state index contributed by atoms with van der Waals surface area (Å²) >= 11 is 0. The van der Waals surface area contributed by atoms with E-state index in [0.29, 0.717) is 17.0 Å². The fourth-order valence-corrected chi connectivity index (χ4v) is 8.63. The molecule has 0 saturated heterocycles. The molecule has 4 aromatic heterocycles. The highest BCUT2D eigenvalue weighted by Gasteiger charge is 2.41. The largest absolute Gasteiger partial charge is 0.458 e. The molecule has 0 N–H and O–H groups in total. The zero-order valence-electron chi connectivity index (χ0n) is 32.8. The van der Waals surface area contributed by atoms with Crippen molar-refractivity contribution in [1.82, 2.24) is 18.5 Å². The molecule has 0 atom stereocenters. The summed E-state index contributed by atoms with van der Waals surface area (Å²) in [4.78, 5) is 5.21. The number of ether oxygens (including phenoxy) is 1. The molecule has 5 heterocycles. The van der Waals surface area contributed by atoms with E-state index in [4.69, 9.17) is 13.8 Å². The van der Waals surface area contributed by atoms with Crippen LogP contribution in [0.25, 0.3) is 50.1 Å². The number of pyridine rings is 1. The minimum Gasteiger partial charge on any atom is -0.458 e. The normalized spacial score (nSPS) is 13.9. The summed E-state index contributed by atoms with van der Waals surface area (Å²) in [5, 5.41) is 1.24. The maximum Gasteiger partial charge on any atom is 0.252 e. The quantitative estimate of drug-likeness (QED) is 0.110. The van der Waals surface area contributed by atoms with Crippen molar-refractivity contribution in [3.05, 3.63) is 144 Å². The number of imidazole rings is 2. The van der Waals surface area contributed by atoms with Crippen LogP contribution in [0.15, 0.2) is 121 Å². The molecule has 9 aromatic rings. The van der Waals surface area contributed by atoms with E-state index in [-0.39, 0.29) is 12.1 Å². The average Bonchev–Trinajstić information content (AvgIpc) is 3.82. The molecule has 1 aliphatic heterocycles. The van der Waals surface area contributed by atoms with Gasteiger partial charge in [0.15, 0.2) is 0 Å². The molecule has 1 aliphatic rings. The fourth-order valence-electron chi connectivity index (χ4n) is 8.63. The molecule has 0 saturated carbocycles. The Morgan fingerprint density at radius 2 is 1.48 bits per heavy atom. The molecular formula is C45H38BN5O. The second kappa shape index (κ2) is 11.0. The third-order valence-corrected chi connectivity index (χ3v) is 10.8. The van der Waals surface area contributed by atoms with Crippen LogP contribution in [0.1, 0.15) is 41.6 Å². The molecule has 0 amide bonds. The lowest BCUT2D eigenvalue weighted by atomic mass is 9.33. The third kappa shape index (κ3) is 4.32. The van der Waals surface area contributed by atoms with E-state index in [9.17, 15) is 0 Å². The van der Waals surface area contributed by atoms with Crippen molar-refractivity contribution in [3.8, 4) is 23.0 Å². The number of aromatic nitrogens is 5. The van der Waals surface area contributed by atoms with Gasteiger partial charge >= 0.3 is 0 Å². The number of rotatable bonds is 4. The topological polar surface area (TPSA) is 40.3 Å². The van der Waals surface area contributed by atoms with Crippen molar-refractivity contribution in [1.29, 1.82) is 0 Å². The number of hydrogen-bond donors (Lipinski definition) is 0. The van der Waals surface area contributed by atoms with Crippen LogP contribution in [0.4, 0.5) is 0 Å². The zero-order valence-corrected chi connectivity index (χ0v) is 29.8. The van der Waals surface area contributed by atoms with Crippen LogP contribution in [0.2, 0.25) is 0 Å². The summed E-state index contributed by atoms with van der Waals surface area (Å²) in [6.07, 6.45) is 5.02. The van der Waals surface area contributed by atoms with Gasteiger partial charge in [0.1, 0.15) is 23.0 Å². The standard InChI is InChI=1S/C45H38BN5O/c1-28-13-11-14-29(2)40(28)46-41-33-17-7-8-18-35(33)50-38-22-21-32(26-39(38)51(44(41)50)43-42(46)34(23-24-47-43)45(3,4)5)52-31-16-12-15-30(25-31)49-27-48(6)36-19-9-10-20-37(36)49/h7-26H,1-6H3/i6D3. The molecule has 252 valence electrons. The highest BCUT2D eigenvalue weighted by Crippen LogP contribution is 2.37. The Labute approximate surface area is 307 Å². The van der Waals surface area contributed by atoms with Gasteiger partial charge in [0, 0.05) is 12.3 Å². The van der Waals surface area contributed by atoms with Gasteiger partial charge in [-0.1, -0.05) is 110 Å². The lowest BCUT2D eigenvalue weighted by molar-refractivity contribution is -0.649. The summed E-state index contributed by atoms with van der Waals surface area (Å²) in [6, 6.07) is 39.0. The Hall–Kier alpha value is -6.08. The molecule has 0 bridgehead atoms. The van der Waals surface area contributed by atoms with Crippen LogP contribution >= 0.6 is 0 Å². The maximum absolute atomic E-state index is 8.09. The first-order valence-electron chi connectivity index (χ1n) is 19.3. The van der Waals surface area contributed by atoms with E-state index in [1.165, 1.54) is 43.0 Å². The van der Waals surface area contributed by atoms with Gasteiger partial charge in [0.2, 0.25) is 6.33 Å². The van der Waals surface area contributed by atoms with E-state index in [1.54, 1.807) is 10.6 Å². The lowest BCUT2D eigenvalue weighted by Crippen LogP contribution is -2.59. The molecule has 6 nitrogen and oxygen atoms in total. The van der Waals surface area contributed by atoms with E-state index < -0.39 is 6.98 Å². The second-order valence-corrected chi connectivity index (χ2v) is 15.0. The van der Waals surface area contributed by atoms with Gasteiger partial charge in [0.05, 0.1) is 44.4 Å². The first kappa shape index (κ1) is 27.6. The minimum atomic E-state index is -2.37. The minimum absolute atomic E-state index is 0.0186. The number of para-hydroxylation sites is 3. The van der Waals surface area contributed by atoms with Crippen molar-refractivity contribution >= 4 is 61.7 Å². The molecule has 10 rings (SSSR count). The van der Waals surface area contributed by atoms with Crippen molar-refractivity contribution in [3.63, 3.8) is 0 Å². The highest BCUT2D eigenvalue weighted by molar-refractivity contribution is 7.00. The van der Waals surface area contributed by atoms with Crippen molar-refractivity contribution < 1.29 is 13.4 Å². The number of benzene rings is 5. The van der Waals surface area contributed by atoms with Gasteiger partial charge in [-0.3, -0.25) is 8.97 Å². The van der Waals surface area contributed by atoms with Gasteiger partial charge in [-0.05, 0) is 77.5 Å². The third-order valence-electron chi connectivity index (χ3n) is 10.8. The van der Waals surface area contributed by atoms with Crippen LogP contribution in [0.5, 0.6) is 11.5 Å². The van der Waals surface area contributed by atoms with Gasteiger partial charge in [-0.2, -0.15) is 0 Å². The van der Waals surface area contributed by atoms with Crippen LogP contribution in [-0.4, -0.2) is 25.2 Å². The fraction of sp³-hybridized carbons (Fsp3) is 0.156. The van der Waals surface area contributed by atoms with Crippen molar-refractivity contribution in [2.75, 3.05) is 0 Å². The van der Waals surface area contributed by atoms with Gasteiger partial charge in [0.25, 0.3) is 6.71 Å². The van der Waals surface area contributed by atoms with Crippen LogP contribution in [0.3, 0.4) is 0 Å². The average molecular weight is 679 g/mol. The molecule has 0 spiro atoms. The predicted octanol–water partition coefficient (Wildman–Crippen LogP) is 7.54. The maximum atomic E-state index is 8.09. The molecule has 0 unspecified atom stereocenters. The number of aryl methyl sites for hydroxylation is 3. The van der Waals surface area contributed by atoms with Crippen molar-refractivity contribution in [2.24, 2.45) is 6.98 Å². The molecular weight excluding hydrogens is 637 g/mol. The Morgan fingerprint density at radius 1 is 0.731 bits per heavy atom. The van der Waals surface area contributed by atoms with Gasteiger partial charge in [-0.15, -0.1) is 0 Å². The van der Waals surface area contributed by atoms with Gasteiger partial charge in [-0.25, -0.2) is 4.98 Å². The van der Waals surface area contributed by atoms with Crippen molar-refractivity contribution in [2.45, 2.75) is 40.0 Å². The number of nitrogens with zero attached hydrogens (tertiary/aromatic N) is 5. The Kier molecular flexibility index (Phi) is 5.82. The van der Waals surface area contributed by atoms with Crippen LogP contribution in [-0.2, 0) is 12.4 Å². The summed E-state index contributed by atoms with van der Waals surface area (Å²) in [5.41, 5.74) is 13.9. The summed E-state index contributed by atoms with van der Waals surface area (Å²) < 4.78 is 38.6. The molecule has 0 fully saturated rings. The molecule has 7 heteroatoms. The van der Waals surface area contributed by atoms with Crippen LogP contribution in [0, 0.1) is 20.2 Å². The summed E-state index contributed by atoms with van der Waals surface area (Å²) in [5.74, 6) is 2.24. The Bertz CT molecular complexity index is 3020. The molecule has 5 aromatic carbocycles. The summed E-state index contributed by atoms with van der Waals surface area (Å²) in [7, 11) is 0. The SMILES string of the molecule is [2H]C([2H])([2H])[n+]1[c-]n(-c2cccc(Oc3ccc4c(c3)n3c5c(c6ccccc6n45)B(c4c(C)cccc4C)c4c(C(C)(C)C)ccnc4-3)c2)c2ccccc21. The molecule has 0 radical (unpaired) electrons. The Morgan fingerprint density at radius 3 is 2.29 bits per heavy atom. The number of fused-ring (bicyclic) bond motifs is 9. The van der Waals surface area contributed by atoms with E-state index in [1.807, 2.05) is 54.7 Å². The smallest absolute Gasteiger partial charge is 0.252 e. The number of hydrogen-bond acceptors (Lipinski definition) is 2. The molecule has 0 aliphatic carbocycles. The predicted molar refractivity (Wildman–Crippen MR) is 212 cm³/mol.